The number of ether oxygens (including phenoxy) is 1. The largest absolute Gasteiger partial charge is 0.478 e. The maximum absolute atomic E-state index is 13.4. The molecule has 2 amide bonds. The molecule has 166 valence electrons. The number of benzene rings is 1. The number of nitrogens with one attached hydrogen (secondary N) is 2. The van der Waals surface area contributed by atoms with Crippen molar-refractivity contribution < 1.29 is 22.7 Å². The first-order valence-corrected chi connectivity index (χ1v) is 11.8. The Morgan fingerprint density at radius 1 is 1.33 bits per heavy atom. The number of fused-ring (bicyclic) bond motifs is 1. The van der Waals surface area contributed by atoms with Gasteiger partial charge in [-0.05, 0) is 58.6 Å². The Hall–Kier alpha value is -2.13. The van der Waals surface area contributed by atoms with Crippen molar-refractivity contribution >= 4 is 27.5 Å². The molecule has 8 nitrogen and oxygen atoms in total. The lowest BCUT2D eigenvalue weighted by molar-refractivity contribution is -0.127. The molecule has 2 N–H and O–H groups in total. The van der Waals surface area contributed by atoms with E-state index in [0.717, 1.165) is 0 Å². The van der Waals surface area contributed by atoms with Crippen molar-refractivity contribution in [1.29, 1.82) is 0 Å². The Bertz CT molecular complexity index is 952. The molecule has 0 aromatic heterocycles. The van der Waals surface area contributed by atoms with E-state index in [0.29, 0.717) is 42.8 Å². The molecule has 1 saturated heterocycles. The summed E-state index contributed by atoms with van der Waals surface area (Å²) in [4.78, 5) is 24.8. The highest BCUT2D eigenvalue weighted by Crippen LogP contribution is 2.36. The first-order chi connectivity index (χ1) is 13.9. The number of anilines is 1. The van der Waals surface area contributed by atoms with Crippen LogP contribution in [0.15, 0.2) is 17.0 Å². The molecule has 3 rings (SSSR count). The quantitative estimate of drug-likeness (QED) is 0.753. The van der Waals surface area contributed by atoms with Gasteiger partial charge in [0.15, 0.2) is 6.10 Å². The number of amides is 2. The fraction of sp³-hybridized carbons (Fsp3) is 0.619. The van der Waals surface area contributed by atoms with Crippen LogP contribution in [0.3, 0.4) is 0 Å². The number of rotatable bonds is 4. The molecular weight excluding hydrogens is 406 g/mol. The first kappa shape index (κ1) is 22.6. The number of nitrogens with zero attached hydrogens (tertiary/aromatic N) is 1. The summed E-state index contributed by atoms with van der Waals surface area (Å²) in [5, 5.41) is 5.73. The zero-order valence-corrected chi connectivity index (χ0v) is 19.1. The molecule has 0 aliphatic carbocycles. The van der Waals surface area contributed by atoms with E-state index in [4.69, 9.17) is 4.74 Å². The van der Waals surface area contributed by atoms with Crippen molar-refractivity contribution in [2.24, 2.45) is 5.92 Å². The maximum atomic E-state index is 13.4. The number of sulfonamides is 1. The lowest BCUT2D eigenvalue weighted by Crippen LogP contribution is -2.49. The lowest BCUT2D eigenvalue weighted by Gasteiger charge is -2.33. The number of aryl methyl sites for hydroxylation is 1. The molecule has 0 radical (unpaired) electrons. The minimum atomic E-state index is -3.81. The standard InChI is InChI=1S/C21H31N3O5S/c1-6-16-20(26)22-15-10-13(2)18(11-17(15)29-16)30(27,28)24-9-7-8-14(12-24)19(25)23-21(3,4)5/h10-11,14,16H,6-9,12H2,1-5H3,(H,22,26)(H,23,25)/t14-,16+/m0/s1. The topological polar surface area (TPSA) is 105 Å². The maximum Gasteiger partial charge on any atom is 0.265 e. The lowest BCUT2D eigenvalue weighted by atomic mass is 9.97. The molecule has 9 heteroatoms. The van der Waals surface area contributed by atoms with Crippen molar-refractivity contribution in [3.8, 4) is 5.75 Å². The zero-order valence-electron chi connectivity index (χ0n) is 18.2. The summed E-state index contributed by atoms with van der Waals surface area (Å²) in [5.74, 6) is -0.388. The van der Waals surface area contributed by atoms with Crippen LogP contribution in [0.5, 0.6) is 5.75 Å². The van der Waals surface area contributed by atoms with E-state index in [1.807, 2.05) is 27.7 Å². The summed E-state index contributed by atoms with van der Waals surface area (Å²) in [6.45, 7) is 9.75. The van der Waals surface area contributed by atoms with Crippen LogP contribution in [0.4, 0.5) is 5.69 Å². The first-order valence-electron chi connectivity index (χ1n) is 10.4. The summed E-state index contributed by atoms with van der Waals surface area (Å²) < 4.78 is 33.9. The third-order valence-electron chi connectivity index (χ3n) is 5.34. The second-order valence-electron chi connectivity index (χ2n) is 9.06. The van der Waals surface area contributed by atoms with E-state index in [1.54, 1.807) is 13.0 Å². The SMILES string of the molecule is CC[C@H]1Oc2cc(S(=O)(=O)N3CCC[C@H](C(=O)NC(C)(C)C)C3)c(C)cc2NC1=O. The van der Waals surface area contributed by atoms with E-state index in [-0.39, 0.29) is 34.7 Å². The molecule has 2 aliphatic heterocycles. The molecule has 2 atom stereocenters. The van der Waals surface area contributed by atoms with E-state index >= 15 is 0 Å². The summed E-state index contributed by atoms with van der Waals surface area (Å²) in [7, 11) is -3.81. The van der Waals surface area contributed by atoms with Gasteiger partial charge in [0.25, 0.3) is 5.91 Å². The van der Waals surface area contributed by atoms with Gasteiger partial charge >= 0.3 is 0 Å². The minimum absolute atomic E-state index is 0.124. The van der Waals surface area contributed by atoms with Crippen LogP contribution in [-0.4, -0.2) is 49.3 Å². The Kier molecular flexibility index (Phi) is 6.15. The van der Waals surface area contributed by atoms with Crippen molar-refractivity contribution in [2.75, 3.05) is 18.4 Å². The van der Waals surface area contributed by atoms with Crippen molar-refractivity contribution in [3.05, 3.63) is 17.7 Å². The molecular formula is C21H31N3O5S. The minimum Gasteiger partial charge on any atom is -0.478 e. The number of piperidine rings is 1. The second-order valence-corrected chi connectivity index (χ2v) is 11.0. The fourth-order valence-corrected chi connectivity index (χ4v) is 5.56. The predicted octanol–water partition coefficient (Wildman–Crippen LogP) is 2.42. The molecule has 0 spiro atoms. The predicted molar refractivity (Wildman–Crippen MR) is 114 cm³/mol. The van der Waals surface area contributed by atoms with Crippen LogP contribution in [0.1, 0.15) is 52.5 Å². The summed E-state index contributed by atoms with van der Waals surface area (Å²) in [6.07, 6.45) is 1.12. The molecule has 0 bridgehead atoms. The van der Waals surface area contributed by atoms with Gasteiger partial charge in [-0.3, -0.25) is 9.59 Å². The molecule has 1 aromatic rings. The Balaban J connectivity index is 1.86. The van der Waals surface area contributed by atoms with Gasteiger partial charge in [-0.2, -0.15) is 4.31 Å². The van der Waals surface area contributed by atoms with Crippen molar-refractivity contribution in [1.82, 2.24) is 9.62 Å². The molecule has 1 fully saturated rings. The zero-order chi connectivity index (χ0) is 22.3. The van der Waals surface area contributed by atoms with E-state index in [2.05, 4.69) is 10.6 Å². The Labute approximate surface area is 178 Å². The van der Waals surface area contributed by atoms with Crippen LogP contribution in [-0.2, 0) is 19.6 Å². The second kappa shape index (κ2) is 8.19. The van der Waals surface area contributed by atoms with Gasteiger partial charge < -0.3 is 15.4 Å². The number of carbonyl (C=O) groups excluding carboxylic acids is 2. The van der Waals surface area contributed by atoms with Crippen molar-refractivity contribution in [3.63, 3.8) is 0 Å². The van der Waals surface area contributed by atoms with E-state index < -0.39 is 16.1 Å². The summed E-state index contributed by atoms with van der Waals surface area (Å²) in [5.41, 5.74) is 0.626. The third-order valence-corrected chi connectivity index (χ3v) is 7.35. The fourth-order valence-electron chi connectivity index (χ4n) is 3.82. The molecule has 2 heterocycles. The van der Waals surface area contributed by atoms with Crippen LogP contribution < -0.4 is 15.4 Å². The van der Waals surface area contributed by atoms with E-state index in [9.17, 15) is 18.0 Å². The van der Waals surface area contributed by atoms with Gasteiger partial charge in [-0.25, -0.2) is 8.42 Å². The number of carbonyl (C=O) groups is 2. The van der Waals surface area contributed by atoms with Crippen LogP contribution >= 0.6 is 0 Å². The normalized spacial score (nSPS) is 22.6. The van der Waals surface area contributed by atoms with Crippen LogP contribution in [0.2, 0.25) is 0 Å². The Morgan fingerprint density at radius 2 is 2.03 bits per heavy atom. The average Bonchev–Trinajstić information content (AvgIpc) is 2.65. The smallest absolute Gasteiger partial charge is 0.265 e. The molecule has 2 aliphatic rings. The average molecular weight is 438 g/mol. The molecule has 0 saturated carbocycles. The highest BCUT2D eigenvalue weighted by molar-refractivity contribution is 7.89. The van der Waals surface area contributed by atoms with Crippen LogP contribution in [0, 0.1) is 12.8 Å². The Morgan fingerprint density at radius 3 is 2.67 bits per heavy atom. The highest BCUT2D eigenvalue weighted by atomic mass is 32.2. The van der Waals surface area contributed by atoms with Crippen LogP contribution in [0.25, 0.3) is 0 Å². The monoisotopic (exact) mass is 437 g/mol. The number of hydrogen-bond donors (Lipinski definition) is 2. The van der Waals surface area contributed by atoms with Gasteiger partial charge in [0.2, 0.25) is 15.9 Å². The van der Waals surface area contributed by atoms with Gasteiger partial charge in [-0.15, -0.1) is 0 Å². The molecule has 0 unspecified atom stereocenters. The molecule has 30 heavy (non-hydrogen) atoms. The van der Waals surface area contributed by atoms with E-state index in [1.165, 1.54) is 10.4 Å². The van der Waals surface area contributed by atoms with Gasteiger partial charge in [0.05, 0.1) is 16.5 Å². The number of hydrogen-bond acceptors (Lipinski definition) is 5. The highest BCUT2D eigenvalue weighted by Gasteiger charge is 2.36. The van der Waals surface area contributed by atoms with Gasteiger partial charge in [-0.1, -0.05) is 6.92 Å². The third kappa shape index (κ3) is 4.62. The van der Waals surface area contributed by atoms with Gasteiger partial charge in [0.1, 0.15) is 5.75 Å². The van der Waals surface area contributed by atoms with Crippen molar-refractivity contribution in [2.45, 2.75) is 70.4 Å². The van der Waals surface area contributed by atoms with Gasteiger partial charge in [0, 0.05) is 24.7 Å². The summed E-state index contributed by atoms with van der Waals surface area (Å²) >= 11 is 0. The molecule has 1 aromatic carbocycles. The summed E-state index contributed by atoms with van der Waals surface area (Å²) in [6, 6.07) is 3.11.